The third-order valence-corrected chi connectivity index (χ3v) is 12.0. The van der Waals surface area contributed by atoms with E-state index >= 15 is 8.78 Å². The van der Waals surface area contributed by atoms with Crippen LogP contribution in [0.4, 0.5) is 29.7 Å². The number of halogens is 2. The molecule has 2 saturated heterocycles. The van der Waals surface area contributed by atoms with Crippen LogP contribution in [0.15, 0.2) is 91.8 Å². The summed E-state index contributed by atoms with van der Waals surface area (Å²) < 4.78 is 80.0. The second kappa shape index (κ2) is 19.1. The summed E-state index contributed by atoms with van der Waals surface area (Å²) in [6, 6.07) is 14.4. The summed E-state index contributed by atoms with van der Waals surface area (Å²) in [6.07, 6.45) is 3.72. The zero-order valence-corrected chi connectivity index (χ0v) is 36.0. The number of phosphoric acid groups is 2. The molecule has 342 valence electrons. The molecule has 25 nitrogen and oxygen atoms in total. The van der Waals surface area contributed by atoms with Crippen LogP contribution in [0.1, 0.15) is 0 Å². The average Bonchev–Trinajstić information content (AvgIpc) is 4.16. The van der Waals surface area contributed by atoms with E-state index in [1.54, 1.807) is 57.1 Å². The van der Waals surface area contributed by atoms with Crippen LogP contribution in [0.3, 0.4) is 0 Å². The molecule has 2 aliphatic rings. The van der Waals surface area contributed by atoms with Gasteiger partial charge in [0.05, 0.1) is 58.1 Å². The monoisotopic (exact) mass is 950 g/mol. The first-order valence-corrected chi connectivity index (χ1v) is 22.1. The van der Waals surface area contributed by atoms with Crippen LogP contribution < -0.4 is 9.80 Å². The maximum atomic E-state index is 15.2. The van der Waals surface area contributed by atoms with Crippen molar-refractivity contribution >= 4 is 39.2 Å². The summed E-state index contributed by atoms with van der Waals surface area (Å²) in [5, 5.41) is 23.4. The minimum Gasteiger partial charge on any atom is -0.441 e. The van der Waals surface area contributed by atoms with Gasteiger partial charge in [-0.25, -0.2) is 32.5 Å². The quantitative estimate of drug-likeness (QED) is 0.127. The zero-order chi connectivity index (χ0) is 46.6. The number of nitrogens with zero attached hydrogens (tertiary/aromatic N) is 13. The number of anilines is 2. The van der Waals surface area contributed by atoms with Crippen molar-refractivity contribution in [3.8, 4) is 45.3 Å². The number of imidazole rings is 1. The van der Waals surface area contributed by atoms with Gasteiger partial charge in [0.15, 0.2) is 0 Å². The molecule has 3 N–H and O–H groups in total. The summed E-state index contributed by atoms with van der Waals surface area (Å²) in [7, 11) is -7.47. The van der Waals surface area contributed by atoms with Crippen molar-refractivity contribution in [1.29, 1.82) is 0 Å². The Labute approximate surface area is 370 Å². The Morgan fingerprint density at radius 3 is 1.53 bits per heavy atom. The topological polar surface area (TPSA) is 303 Å². The van der Waals surface area contributed by atoms with E-state index in [0.717, 1.165) is 21.9 Å². The standard InChI is InChI=1S/C34H30F2N12O11P2.C3H4N2/c1-45-41-31(39-43-45)29-9-3-19(13-37-29)25-7-5-21(11-27(25)35)47-15-23(57-33(47)49)17-55-60(51,52)59-61(53,54)56-18-24-16-48(34(50)58-24)22-6-8-26(28(36)12-22)20-4-10-30(38-14-20)32-40-44-46(2)42-32;1-2-5-3-4-1/h3-14,23-24H,15-18H2,1-2H3,(H,51,52)(H,53,54);1-3H,(H,4,5)/t23-,24-;/m1./s1. The minimum atomic E-state index is -5.34. The van der Waals surface area contributed by atoms with Gasteiger partial charge in [0.2, 0.25) is 11.6 Å². The third-order valence-electron chi connectivity index (χ3n) is 9.36. The number of carbonyl (C=O) groups excluding carboxylic acids is 2. The van der Waals surface area contributed by atoms with Crippen molar-refractivity contribution < 1.29 is 60.1 Å². The molecule has 0 bridgehead atoms. The molecule has 0 saturated carbocycles. The summed E-state index contributed by atoms with van der Waals surface area (Å²) in [6.45, 7) is -2.06. The number of H-pyrrole nitrogens is 1. The lowest BCUT2D eigenvalue weighted by Gasteiger charge is -2.18. The first kappa shape index (κ1) is 45.3. The molecule has 7 aromatic rings. The highest BCUT2D eigenvalue weighted by Crippen LogP contribution is 2.60. The van der Waals surface area contributed by atoms with Gasteiger partial charge in [-0.15, -0.1) is 20.4 Å². The Bertz CT molecular complexity index is 2750. The van der Waals surface area contributed by atoms with Crippen LogP contribution in [0.5, 0.6) is 0 Å². The summed E-state index contributed by atoms with van der Waals surface area (Å²) in [5.74, 6) is -0.809. The van der Waals surface area contributed by atoms with Gasteiger partial charge in [-0.05, 0) is 59.0 Å². The highest BCUT2D eigenvalue weighted by atomic mass is 31.3. The van der Waals surface area contributed by atoms with Crippen molar-refractivity contribution in [3.63, 3.8) is 0 Å². The molecule has 29 heteroatoms. The van der Waals surface area contributed by atoms with Gasteiger partial charge in [0, 0.05) is 47.0 Å². The number of rotatable bonds is 14. The lowest BCUT2D eigenvalue weighted by atomic mass is 10.1. The molecule has 0 spiro atoms. The second-order valence-corrected chi connectivity index (χ2v) is 17.0. The van der Waals surface area contributed by atoms with E-state index in [9.17, 15) is 28.5 Å². The van der Waals surface area contributed by atoms with E-state index < -0.39 is 64.9 Å². The van der Waals surface area contributed by atoms with Gasteiger partial charge in [-0.1, -0.05) is 12.1 Å². The van der Waals surface area contributed by atoms with Gasteiger partial charge in [0.25, 0.3) is 0 Å². The normalized spacial score (nSPS) is 17.7. The number of tetrazole rings is 2. The minimum absolute atomic E-state index is 0.101. The van der Waals surface area contributed by atoms with Crippen LogP contribution in [-0.2, 0) is 46.1 Å². The van der Waals surface area contributed by atoms with Crippen molar-refractivity contribution in [2.24, 2.45) is 14.1 Å². The van der Waals surface area contributed by atoms with Gasteiger partial charge < -0.3 is 24.2 Å². The predicted octanol–water partition coefficient (Wildman–Crippen LogP) is 4.48. The number of nitrogens with one attached hydrogen (secondary N) is 1. The lowest BCUT2D eigenvalue weighted by Crippen LogP contribution is -2.26. The van der Waals surface area contributed by atoms with E-state index in [1.165, 1.54) is 46.3 Å². The Hall–Kier alpha value is -7.25. The number of aromatic nitrogens is 12. The van der Waals surface area contributed by atoms with E-state index in [2.05, 4.69) is 55.1 Å². The fourth-order valence-electron chi connectivity index (χ4n) is 6.34. The number of aryl methyl sites for hydroxylation is 2. The number of pyridine rings is 2. The molecule has 5 aromatic heterocycles. The summed E-state index contributed by atoms with van der Waals surface area (Å²) >= 11 is 0. The van der Waals surface area contributed by atoms with E-state index in [-0.39, 0.29) is 47.2 Å². The summed E-state index contributed by atoms with van der Waals surface area (Å²) in [5.41, 5.74) is 2.26. The molecule has 7 heterocycles. The zero-order valence-electron chi connectivity index (χ0n) is 34.2. The molecule has 2 fully saturated rings. The van der Waals surface area contributed by atoms with Crippen molar-refractivity contribution in [2.45, 2.75) is 12.2 Å². The van der Waals surface area contributed by atoms with Gasteiger partial charge in [-0.3, -0.25) is 28.8 Å². The Kier molecular flexibility index (Phi) is 13.1. The molecule has 2 unspecified atom stereocenters. The largest absolute Gasteiger partial charge is 0.481 e. The molecule has 0 aliphatic carbocycles. The molecular formula is C37H34F2N14O11P2. The molecule has 2 amide bonds. The lowest BCUT2D eigenvalue weighted by molar-refractivity contribution is 0.0733. The van der Waals surface area contributed by atoms with E-state index in [0.29, 0.717) is 22.5 Å². The van der Waals surface area contributed by atoms with Crippen LogP contribution in [-0.4, -0.2) is 121 Å². The molecular weight excluding hydrogens is 916 g/mol. The Morgan fingerprint density at radius 1 is 0.727 bits per heavy atom. The van der Waals surface area contributed by atoms with Gasteiger partial charge >= 0.3 is 27.8 Å². The first-order valence-electron chi connectivity index (χ1n) is 19.2. The fraction of sp³-hybridized carbons (Fsp3) is 0.216. The molecule has 2 aliphatic heterocycles. The molecule has 9 rings (SSSR count). The SMILES string of the molecule is Cn1nnc(-c2ccc(-c3ccc(N4C[C@H](COP(=O)(O)OP(=O)(O)OC[C@H]5CN(c6ccc(-c7ccc(-c8nnn(C)n8)nc7)c(F)c6)C(=O)O5)OC4=O)cc3F)cn2)n1.c1c[nH]cn1. The highest BCUT2D eigenvalue weighted by Gasteiger charge is 2.41. The molecule has 0 radical (unpaired) electrons. The molecule has 66 heavy (non-hydrogen) atoms. The van der Waals surface area contributed by atoms with Gasteiger partial charge in [0.1, 0.15) is 35.2 Å². The third kappa shape index (κ3) is 10.8. The number of phosphoric ester groups is 2. The van der Waals surface area contributed by atoms with Crippen LogP contribution in [0.25, 0.3) is 45.3 Å². The maximum Gasteiger partial charge on any atom is 0.481 e. The Morgan fingerprint density at radius 2 is 1.20 bits per heavy atom. The fourth-order valence-corrected chi connectivity index (χ4v) is 8.47. The summed E-state index contributed by atoms with van der Waals surface area (Å²) in [4.78, 5) is 65.2. The molecule has 4 atom stereocenters. The maximum absolute atomic E-state index is 15.2. The average molecular weight is 951 g/mol. The van der Waals surface area contributed by atoms with Crippen LogP contribution in [0.2, 0.25) is 0 Å². The van der Waals surface area contributed by atoms with Crippen molar-refractivity contribution in [3.05, 3.63) is 103 Å². The number of benzene rings is 2. The molecule has 2 aromatic carbocycles. The van der Waals surface area contributed by atoms with E-state index in [1.807, 2.05) is 0 Å². The highest BCUT2D eigenvalue weighted by molar-refractivity contribution is 7.61. The van der Waals surface area contributed by atoms with E-state index in [4.69, 9.17) is 18.5 Å². The number of aromatic amines is 1. The predicted molar refractivity (Wildman–Crippen MR) is 221 cm³/mol. The van der Waals surface area contributed by atoms with Crippen molar-refractivity contribution in [2.75, 3.05) is 36.1 Å². The smallest absolute Gasteiger partial charge is 0.441 e. The first-order chi connectivity index (χ1) is 31.6. The number of carbonyl (C=O) groups is 2. The number of ether oxygens (including phenoxy) is 2. The number of cyclic esters (lactones) is 2. The number of hydrogen-bond donors (Lipinski definition) is 3. The van der Waals surface area contributed by atoms with Crippen LogP contribution >= 0.6 is 15.6 Å². The number of amides is 2. The number of hydrogen-bond acceptors (Lipinski definition) is 18. The van der Waals surface area contributed by atoms with Crippen molar-refractivity contribution in [1.82, 2.24) is 60.4 Å². The van der Waals surface area contributed by atoms with Gasteiger partial charge in [-0.2, -0.15) is 13.9 Å². The second-order valence-electron chi connectivity index (χ2n) is 14.0. The Balaban J connectivity index is 0.00000111. The van der Waals surface area contributed by atoms with Crippen LogP contribution in [0, 0.1) is 11.6 Å².